The summed E-state index contributed by atoms with van der Waals surface area (Å²) in [5.41, 5.74) is 7.73. The van der Waals surface area contributed by atoms with Crippen molar-refractivity contribution in [1.82, 2.24) is 4.98 Å². The molecule has 34 heavy (non-hydrogen) atoms. The summed E-state index contributed by atoms with van der Waals surface area (Å²) < 4.78 is 0. The number of aryl methyl sites for hydroxylation is 2. The highest BCUT2D eigenvalue weighted by molar-refractivity contribution is 6.12. The molecule has 2 heteroatoms. The zero-order chi connectivity index (χ0) is 23.2. The lowest BCUT2D eigenvalue weighted by atomic mass is 9.94. The summed E-state index contributed by atoms with van der Waals surface area (Å²) in [6.07, 6.45) is 1.92. The molecule has 0 aliphatic heterocycles. The van der Waals surface area contributed by atoms with E-state index in [4.69, 9.17) is 10.2 Å². The number of benzene rings is 5. The largest absolute Gasteiger partial charge is 0.256 e. The summed E-state index contributed by atoms with van der Waals surface area (Å²) in [5, 5.41) is 16.2. The summed E-state index contributed by atoms with van der Waals surface area (Å²) in [7, 11) is 0. The van der Waals surface area contributed by atoms with Gasteiger partial charge in [0.1, 0.15) is 0 Å². The third kappa shape index (κ3) is 3.39. The minimum absolute atomic E-state index is 0.688. The van der Waals surface area contributed by atoms with Gasteiger partial charge in [0.25, 0.3) is 0 Å². The molecule has 0 aliphatic rings. The van der Waals surface area contributed by atoms with Gasteiger partial charge in [-0.05, 0) is 94.4 Å². The number of hydrogen-bond donors (Lipinski definition) is 0. The van der Waals surface area contributed by atoms with E-state index in [1.165, 1.54) is 43.8 Å². The Labute approximate surface area is 198 Å². The van der Waals surface area contributed by atoms with Crippen LogP contribution in [-0.4, -0.2) is 4.98 Å². The molecular weight excluding hydrogens is 412 g/mol. The molecule has 0 radical (unpaired) electrons. The van der Waals surface area contributed by atoms with Crippen molar-refractivity contribution in [3.05, 3.63) is 114 Å². The SMILES string of the molecule is Cc1cc(C)cc(-c2nccc3c2ccc2cc(-c4ccc5cc(C#N)ccc5c4)ccc23)c1. The van der Waals surface area contributed by atoms with Gasteiger partial charge in [-0.15, -0.1) is 0 Å². The Hall–Kier alpha value is -4.48. The monoisotopic (exact) mass is 434 g/mol. The molecule has 6 aromatic rings. The third-order valence-electron chi connectivity index (χ3n) is 6.56. The minimum atomic E-state index is 0.688. The average Bonchev–Trinajstić information content (AvgIpc) is 2.86. The number of nitrogens with zero attached hydrogens (tertiary/aromatic N) is 2. The molecular formula is C32H22N2. The maximum Gasteiger partial charge on any atom is 0.0991 e. The van der Waals surface area contributed by atoms with Crippen LogP contribution in [0.2, 0.25) is 0 Å². The highest BCUT2D eigenvalue weighted by atomic mass is 14.7. The first-order valence-electron chi connectivity index (χ1n) is 11.4. The minimum Gasteiger partial charge on any atom is -0.256 e. The first-order chi connectivity index (χ1) is 16.6. The number of pyridine rings is 1. The molecule has 0 saturated carbocycles. The van der Waals surface area contributed by atoms with Gasteiger partial charge in [0.15, 0.2) is 0 Å². The molecule has 5 aromatic carbocycles. The van der Waals surface area contributed by atoms with Crippen LogP contribution in [0.5, 0.6) is 0 Å². The summed E-state index contributed by atoms with van der Waals surface area (Å²) >= 11 is 0. The van der Waals surface area contributed by atoms with E-state index >= 15 is 0 Å². The number of nitriles is 1. The number of aromatic nitrogens is 1. The maximum absolute atomic E-state index is 9.16. The first kappa shape index (κ1) is 20.1. The van der Waals surface area contributed by atoms with Crippen molar-refractivity contribution in [2.45, 2.75) is 13.8 Å². The second-order valence-corrected chi connectivity index (χ2v) is 9.02. The third-order valence-corrected chi connectivity index (χ3v) is 6.56. The van der Waals surface area contributed by atoms with Crippen molar-refractivity contribution >= 4 is 32.3 Å². The normalized spacial score (nSPS) is 11.2. The summed E-state index contributed by atoms with van der Waals surface area (Å²) in [6.45, 7) is 4.27. The van der Waals surface area contributed by atoms with Crippen molar-refractivity contribution < 1.29 is 0 Å². The Morgan fingerprint density at radius 1 is 0.559 bits per heavy atom. The predicted molar refractivity (Wildman–Crippen MR) is 142 cm³/mol. The van der Waals surface area contributed by atoms with E-state index in [9.17, 15) is 0 Å². The van der Waals surface area contributed by atoms with Crippen molar-refractivity contribution in [1.29, 1.82) is 5.26 Å². The molecule has 0 saturated heterocycles. The van der Waals surface area contributed by atoms with E-state index in [0.29, 0.717) is 5.56 Å². The van der Waals surface area contributed by atoms with Crippen LogP contribution in [0.1, 0.15) is 16.7 Å². The number of fused-ring (bicyclic) bond motifs is 4. The maximum atomic E-state index is 9.16. The van der Waals surface area contributed by atoms with Crippen LogP contribution in [0, 0.1) is 25.2 Å². The van der Waals surface area contributed by atoms with E-state index in [2.05, 4.69) is 92.7 Å². The molecule has 0 spiro atoms. The van der Waals surface area contributed by atoms with Crippen LogP contribution in [0.25, 0.3) is 54.7 Å². The average molecular weight is 435 g/mol. The summed E-state index contributed by atoms with van der Waals surface area (Å²) in [4.78, 5) is 4.75. The quantitative estimate of drug-likeness (QED) is 0.257. The van der Waals surface area contributed by atoms with E-state index in [1.54, 1.807) is 0 Å². The summed E-state index contributed by atoms with van der Waals surface area (Å²) in [5.74, 6) is 0. The van der Waals surface area contributed by atoms with Crippen LogP contribution in [-0.2, 0) is 0 Å². The Kier molecular flexibility index (Phi) is 4.64. The number of rotatable bonds is 2. The zero-order valence-corrected chi connectivity index (χ0v) is 19.1. The molecule has 0 bridgehead atoms. The Morgan fingerprint density at radius 3 is 2.00 bits per heavy atom. The molecule has 6 rings (SSSR count). The second-order valence-electron chi connectivity index (χ2n) is 9.02. The fourth-order valence-electron chi connectivity index (χ4n) is 5.01. The van der Waals surface area contributed by atoms with Gasteiger partial charge in [-0.25, -0.2) is 0 Å². The zero-order valence-electron chi connectivity index (χ0n) is 19.1. The molecule has 0 unspecified atom stereocenters. The van der Waals surface area contributed by atoms with Crippen LogP contribution < -0.4 is 0 Å². The van der Waals surface area contributed by atoms with E-state index < -0.39 is 0 Å². The smallest absolute Gasteiger partial charge is 0.0991 e. The molecule has 2 nitrogen and oxygen atoms in total. The second kappa shape index (κ2) is 7.83. The lowest BCUT2D eigenvalue weighted by molar-refractivity contribution is 1.33. The van der Waals surface area contributed by atoms with Crippen LogP contribution >= 0.6 is 0 Å². The van der Waals surface area contributed by atoms with Crippen LogP contribution in [0.3, 0.4) is 0 Å². The van der Waals surface area contributed by atoms with Gasteiger partial charge >= 0.3 is 0 Å². The molecule has 0 amide bonds. The Balaban J connectivity index is 1.48. The van der Waals surface area contributed by atoms with E-state index in [1.807, 2.05) is 24.4 Å². The lowest BCUT2D eigenvalue weighted by Gasteiger charge is -2.11. The molecule has 0 atom stereocenters. The summed E-state index contributed by atoms with van der Waals surface area (Å²) in [6, 6.07) is 34.3. The Bertz CT molecular complexity index is 1770. The van der Waals surface area contributed by atoms with E-state index in [0.717, 1.165) is 22.0 Å². The molecule has 160 valence electrons. The highest BCUT2D eigenvalue weighted by Gasteiger charge is 2.10. The Morgan fingerprint density at radius 2 is 1.21 bits per heavy atom. The van der Waals surface area contributed by atoms with Gasteiger partial charge in [0.05, 0.1) is 17.3 Å². The lowest BCUT2D eigenvalue weighted by Crippen LogP contribution is -1.89. The van der Waals surface area contributed by atoms with Gasteiger partial charge in [0, 0.05) is 17.1 Å². The van der Waals surface area contributed by atoms with Crippen molar-refractivity contribution in [3.8, 4) is 28.5 Å². The molecule has 0 aliphatic carbocycles. The fraction of sp³-hybridized carbons (Fsp3) is 0.0625. The van der Waals surface area contributed by atoms with Gasteiger partial charge < -0.3 is 0 Å². The first-order valence-corrected chi connectivity index (χ1v) is 11.4. The van der Waals surface area contributed by atoms with E-state index in [-0.39, 0.29) is 0 Å². The topological polar surface area (TPSA) is 36.7 Å². The van der Waals surface area contributed by atoms with Crippen LogP contribution in [0.15, 0.2) is 97.2 Å². The molecule has 0 N–H and O–H groups in total. The molecule has 1 aromatic heterocycles. The van der Waals surface area contributed by atoms with Crippen molar-refractivity contribution in [2.24, 2.45) is 0 Å². The standard InChI is InChI=1S/C32H22N2/c1-20-13-21(2)15-28(14-20)32-31-10-8-27-18-26(7-9-29(27)30(31)11-12-34-32)25-6-5-23-16-22(19-33)3-4-24(23)17-25/h3-18H,1-2H3. The fourth-order valence-corrected chi connectivity index (χ4v) is 5.01. The number of hydrogen-bond acceptors (Lipinski definition) is 2. The van der Waals surface area contributed by atoms with Gasteiger partial charge in [0.2, 0.25) is 0 Å². The predicted octanol–water partition coefficient (Wildman–Crippen LogP) is 8.36. The van der Waals surface area contributed by atoms with Gasteiger partial charge in [-0.3, -0.25) is 4.98 Å². The van der Waals surface area contributed by atoms with Crippen molar-refractivity contribution in [2.75, 3.05) is 0 Å². The van der Waals surface area contributed by atoms with Crippen molar-refractivity contribution in [3.63, 3.8) is 0 Å². The molecule has 0 fully saturated rings. The highest BCUT2D eigenvalue weighted by Crippen LogP contribution is 2.35. The van der Waals surface area contributed by atoms with Gasteiger partial charge in [-0.2, -0.15) is 5.26 Å². The van der Waals surface area contributed by atoms with Crippen LogP contribution in [0.4, 0.5) is 0 Å². The molecule has 1 heterocycles. The van der Waals surface area contributed by atoms with Gasteiger partial charge in [-0.1, -0.05) is 59.7 Å².